The minimum Gasteiger partial charge on any atom is -0.467 e. The quantitative estimate of drug-likeness (QED) is 0.779. The summed E-state index contributed by atoms with van der Waals surface area (Å²) in [7, 11) is 1.93. The Kier molecular flexibility index (Phi) is 3.38. The first kappa shape index (κ1) is 10.9. The molecular formula is C11H15N3O2. The van der Waals surface area contributed by atoms with Gasteiger partial charge in [0.1, 0.15) is 17.6 Å². The van der Waals surface area contributed by atoms with Crippen LogP contribution >= 0.6 is 0 Å². The van der Waals surface area contributed by atoms with E-state index in [0.717, 1.165) is 11.6 Å². The number of aryl methyl sites for hydroxylation is 1. The normalized spacial score (nSPS) is 12.9. The van der Waals surface area contributed by atoms with Crippen LogP contribution in [0.5, 0.6) is 0 Å². The zero-order valence-corrected chi connectivity index (χ0v) is 9.13. The van der Waals surface area contributed by atoms with E-state index in [1.807, 2.05) is 29.9 Å². The summed E-state index contributed by atoms with van der Waals surface area (Å²) in [5, 5.41) is 12.0. The van der Waals surface area contributed by atoms with E-state index in [1.165, 1.54) is 0 Å². The third-order valence-corrected chi connectivity index (χ3v) is 2.40. The zero-order valence-electron chi connectivity index (χ0n) is 9.13. The van der Waals surface area contributed by atoms with E-state index >= 15 is 0 Å². The number of aliphatic hydroxyl groups excluding tert-OH is 1. The van der Waals surface area contributed by atoms with E-state index in [0.29, 0.717) is 6.54 Å². The highest BCUT2D eigenvalue weighted by atomic mass is 16.3. The SMILES string of the molecule is Cn1ccnc1C(NCCO)c1ccco1. The molecule has 2 aromatic heterocycles. The maximum absolute atomic E-state index is 8.86. The van der Waals surface area contributed by atoms with Crippen molar-refractivity contribution < 1.29 is 9.52 Å². The molecule has 0 aliphatic rings. The Hall–Kier alpha value is -1.59. The van der Waals surface area contributed by atoms with Gasteiger partial charge in [0.2, 0.25) is 0 Å². The van der Waals surface area contributed by atoms with Crippen LogP contribution in [-0.2, 0) is 7.05 Å². The lowest BCUT2D eigenvalue weighted by Crippen LogP contribution is -2.27. The summed E-state index contributed by atoms with van der Waals surface area (Å²) >= 11 is 0. The summed E-state index contributed by atoms with van der Waals surface area (Å²) < 4.78 is 7.30. The number of hydrogen-bond donors (Lipinski definition) is 2. The molecule has 0 radical (unpaired) electrons. The first-order valence-corrected chi connectivity index (χ1v) is 5.18. The number of nitrogens with one attached hydrogen (secondary N) is 1. The van der Waals surface area contributed by atoms with Crippen LogP contribution in [0, 0.1) is 0 Å². The van der Waals surface area contributed by atoms with Gasteiger partial charge in [0.05, 0.1) is 12.9 Å². The minimum absolute atomic E-state index is 0.0850. The molecule has 0 spiro atoms. The van der Waals surface area contributed by atoms with Gasteiger partial charge in [-0.3, -0.25) is 5.32 Å². The smallest absolute Gasteiger partial charge is 0.133 e. The van der Waals surface area contributed by atoms with Gasteiger partial charge in [0, 0.05) is 26.0 Å². The molecule has 0 fully saturated rings. The topological polar surface area (TPSA) is 63.2 Å². The van der Waals surface area contributed by atoms with Gasteiger partial charge in [-0.2, -0.15) is 0 Å². The Balaban J connectivity index is 2.25. The van der Waals surface area contributed by atoms with Crippen molar-refractivity contribution >= 4 is 0 Å². The monoisotopic (exact) mass is 221 g/mol. The Morgan fingerprint density at radius 1 is 1.62 bits per heavy atom. The van der Waals surface area contributed by atoms with Crippen molar-refractivity contribution in [1.29, 1.82) is 0 Å². The number of imidazole rings is 1. The van der Waals surface area contributed by atoms with Gasteiger partial charge in [-0.05, 0) is 12.1 Å². The second-order valence-corrected chi connectivity index (χ2v) is 3.52. The molecule has 2 aromatic rings. The van der Waals surface area contributed by atoms with Gasteiger partial charge in [0.25, 0.3) is 0 Å². The van der Waals surface area contributed by atoms with Gasteiger partial charge < -0.3 is 14.1 Å². The zero-order chi connectivity index (χ0) is 11.4. The van der Waals surface area contributed by atoms with Crippen molar-refractivity contribution in [3.8, 4) is 0 Å². The lowest BCUT2D eigenvalue weighted by atomic mass is 10.2. The highest BCUT2D eigenvalue weighted by molar-refractivity contribution is 5.15. The molecule has 1 unspecified atom stereocenters. The molecule has 0 aromatic carbocycles. The van der Waals surface area contributed by atoms with E-state index in [4.69, 9.17) is 9.52 Å². The van der Waals surface area contributed by atoms with Gasteiger partial charge in [0.15, 0.2) is 0 Å². The Morgan fingerprint density at radius 3 is 3.06 bits per heavy atom. The fourth-order valence-corrected chi connectivity index (χ4v) is 1.64. The molecule has 16 heavy (non-hydrogen) atoms. The van der Waals surface area contributed by atoms with Gasteiger partial charge in [-0.1, -0.05) is 0 Å². The Bertz CT molecular complexity index is 422. The average Bonchev–Trinajstić information content (AvgIpc) is 2.91. The first-order valence-electron chi connectivity index (χ1n) is 5.18. The highest BCUT2D eigenvalue weighted by Gasteiger charge is 2.19. The Morgan fingerprint density at radius 2 is 2.50 bits per heavy atom. The third-order valence-electron chi connectivity index (χ3n) is 2.40. The Labute approximate surface area is 93.7 Å². The van der Waals surface area contributed by atoms with E-state index < -0.39 is 0 Å². The van der Waals surface area contributed by atoms with E-state index in [2.05, 4.69) is 10.3 Å². The maximum atomic E-state index is 8.86. The number of aliphatic hydroxyl groups is 1. The van der Waals surface area contributed by atoms with Crippen LogP contribution in [0.3, 0.4) is 0 Å². The highest BCUT2D eigenvalue weighted by Crippen LogP contribution is 2.20. The molecule has 0 saturated carbocycles. The number of nitrogens with zero attached hydrogens (tertiary/aromatic N) is 2. The summed E-state index contributed by atoms with van der Waals surface area (Å²) in [5.74, 6) is 1.66. The van der Waals surface area contributed by atoms with Crippen molar-refractivity contribution in [2.24, 2.45) is 7.05 Å². The molecule has 5 heteroatoms. The minimum atomic E-state index is -0.123. The van der Waals surface area contributed by atoms with Crippen LogP contribution in [0.1, 0.15) is 17.6 Å². The van der Waals surface area contributed by atoms with Crippen LogP contribution in [0.2, 0.25) is 0 Å². The molecule has 0 aliphatic carbocycles. The standard InChI is InChI=1S/C11H15N3O2/c1-14-6-4-13-11(14)10(12-5-7-15)9-3-2-8-16-9/h2-4,6,8,10,12,15H,5,7H2,1H3. The summed E-state index contributed by atoms with van der Waals surface area (Å²) in [5.41, 5.74) is 0. The van der Waals surface area contributed by atoms with Crippen molar-refractivity contribution in [3.05, 3.63) is 42.4 Å². The van der Waals surface area contributed by atoms with Crippen LogP contribution in [0.15, 0.2) is 35.2 Å². The molecule has 1 atom stereocenters. The molecule has 5 nitrogen and oxygen atoms in total. The molecule has 2 rings (SSSR count). The molecule has 0 saturated heterocycles. The van der Waals surface area contributed by atoms with E-state index in [-0.39, 0.29) is 12.6 Å². The van der Waals surface area contributed by atoms with Gasteiger partial charge in [-0.15, -0.1) is 0 Å². The van der Waals surface area contributed by atoms with Crippen LogP contribution in [0.25, 0.3) is 0 Å². The maximum Gasteiger partial charge on any atom is 0.133 e. The number of hydrogen-bond acceptors (Lipinski definition) is 4. The molecular weight excluding hydrogens is 206 g/mol. The van der Waals surface area contributed by atoms with Crippen molar-refractivity contribution in [3.63, 3.8) is 0 Å². The molecule has 0 amide bonds. The third kappa shape index (κ3) is 2.15. The fourth-order valence-electron chi connectivity index (χ4n) is 1.64. The number of aromatic nitrogens is 2. The first-order chi connectivity index (χ1) is 7.83. The molecule has 86 valence electrons. The lowest BCUT2D eigenvalue weighted by molar-refractivity contribution is 0.282. The molecule has 0 aliphatic heterocycles. The second-order valence-electron chi connectivity index (χ2n) is 3.52. The number of furan rings is 1. The van der Waals surface area contributed by atoms with Gasteiger partial charge in [-0.25, -0.2) is 4.98 Å². The van der Waals surface area contributed by atoms with E-state index in [9.17, 15) is 0 Å². The lowest BCUT2D eigenvalue weighted by Gasteiger charge is -2.15. The predicted molar refractivity (Wildman–Crippen MR) is 58.8 cm³/mol. The van der Waals surface area contributed by atoms with E-state index in [1.54, 1.807) is 12.5 Å². The molecule has 2 N–H and O–H groups in total. The largest absolute Gasteiger partial charge is 0.467 e. The summed E-state index contributed by atoms with van der Waals surface area (Å²) in [6, 6.07) is 3.61. The predicted octanol–water partition coefficient (Wildman–Crippen LogP) is 0.684. The van der Waals surface area contributed by atoms with Crippen LogP contribution < -0.4 is 5.32 Å². The van der Waals surface area contributed by atoms with Gasteiger partial charge >= 0.3 is 0 Å². The fraction of sp³-hybridized carbons (Fsp3) is 0.364. The molecule has 2 heterocycles. The van der Waals surface area contributed by atoms with Crippen molar-refractivity contribution in [2.45, 2.75) is 6.04 Å². The molecule has 0 bridgehead atoms. The summed E-state index contributed by atoms with van der Waals surface area (Å²) in [4.78, 5) is 4.28. The average molecular weight is 221 g/mol. The van der Waals surface area contributed by atoms with Crippen LogP contribution in [-0.4, -0.2) is 27.8 Å². The second kappa shape index (κ2) is 4.96. The van der Waals surface area contributed by atoms with Crippen LogP contribution in [0.4, 0.5) is 0 Å². The summed E-state index contributed by atoms with van der Waals surface area (Å²) in [6.45, 7) is 0.583. The van der Waals surface area contributed by atoms with Crippen molar-refractivity contribution in [2.75, 3.05) is 13.2 Å². The van der Waals surface area contributed by atoms with Crippen molar-refractivity contribution in [1.82, 2.24) is 14.9 Å². The summed E-state index contributed by atoms with van der Waals surface area (Å²) in [6.07, 6.45) is 5.25. The number of rotatable bonds is 5.